The molecule has 4 nitrogen and oxygen atoms in total. The van der Waals surface area contributed by atoms with Gasteiger partial charge in [0.2, 0.25) is 0 Å². The van der Waals surface area contributed by atoms with Crippen molar-refractivity contribution in [2.24, 2.45) is 0 Å². The van der Waals surface area contributed by atoms with Crippen LogP contribution in [0.2, 0.25) is 0 Å². The molecule has 0 aromatic carbocycles. The van der Waals surface area contributed by atoms with Crippen LogP contribution in [0.25, 0.3) is 0 Å². The molecular formula is C12H10BrN3O. The van der Waals surface area contributed by atoms with Crippen molar-refractivity contribution in [3.8, 4) is 6.07 Å². The molecule has 17 heavy (non-hydrogen) atoms. The molecular weight excluding hydrogens is 282 g/mol. The van der Waals surface area contributed by atoms with Crippen molar-refractivity contribution < 1.29 is 4.42 Å². The molecule has 0 saturated carbocycles. The Morgan fingerprint density at radius 3 is 2.82 bits per heavy atom. The molecule has 0 aliphatic carbocycles. The van der Waals surface area contributed by atoms with E-state index in [0.29, 0.717) is 5.56 Å². The molecule has 0 spiro atoms. The van der Waals surface area contributed by atoms with Gasteiger partial charge in [-0.15, -0.1) is 0 Å². The van der Waals surface area contributed by atoms with E-state index >= 15 is 0 Å². The van der Waals surface area contributed by atoms with Crippen LogP contribution in [0.4, 0.5) is 5.82 Å². The fourth-order valence-corrected chi connectivity index (χ4v) is 1.70. The van der Waals surface area contributed by atoms with E-state index in [-0.39, 0.29) is 0 Å². The van der Waals surface area contributed by atoms with E-state index in [0.717, 1.165) is 29.2 Å². The Hall–Kier alpha value is -1.80. The molecule has 0 atom stereocenters. The number of aromatic nitrogens is 1. The summed E-state index contributed by atoms with van der Waals surface area (Å²) in [5, 5.41) is 11.8. The molecule has 0 aliphatic heterocycles. The van der Waals surface area contributed by atoms with Crippen LogP contribution >= 0.6 is 15.9 Å². The van der Waals surface area contributed by atoms with Crippen LogP contribution in [0.1, 0.15) is 11.3 Å². The minimum Gasteiger partial charge on any atom is -0.454 e. The highest BCUT2D eigenvalue weighted by Gasteiger charge is 1.99. The van der Waals surface area contributed by atoms with Gasteiger partial charge in [-0.05, 0) is 40.2 Å². The first-order valence-electron chi connectivity index (χ1n) is 5.12. The summed E-state index contributed by atoms with van der Waals surface area (Å²) >= 11 is 3.25. The molecule has 0 unspecified atom stereocenters. The Morgan fingerprint density at radius 2 is 2.24 bits per heavy atom. The molecule has 0 bridgehead atoms. The Labute approximate surface area is 107 Å². The number of nitrogens with one attached hydrogen (secondary N) is 1. The Balaban J connectivity index is 1.84. The van der Waals surface area contributed by atoms with Gasteiger partial charge in [-0.3, -0.25) is 0 Å². The summed E-state index contributed by atoms with van der Waals surface area (Å²) in [4.78, 5) is 4.11. The maximum absolute atomic E-state index is 8.63. The fraction of sp³-hybridized carbons (Fsp3) is 0.167. The standard InChI is InChI=1S/C12H10BrN3O/c13-11-3-2-10(17-11)5-6-15-12-4-1-9(7-14)8-16-12/h1-4,8H,5-6H2,(H,15,16). The van der Waals surface area contributed by atoms with Crippen LogP contribution in [-0.2, 0) is 6.42 Å². The molecule has 5 heteroatoms. The van der Waals surface area contributed by atoms with E-state index in [1.165, 1.54) is 0 Å². The predicted molar refractivity (Wildman–Crippen MR) is 67.6 cm³/mol. The van der Waals surface area contributed by atoms with Crippen molar-refractivity contribution in [1.82, 2.24) is 4.98 Å². The number of furan rings is 1. The topological polar surface area (TPSA) is 61.9 Å². The molecule has 1 N–H and O–H groups in total. The fourth-order valence-electron chi connectivity index (χ4n) is 1.36. The summed E-state index contributed by atoms with van der Waals surface area (Å²) < 4.78 is 6.11. The Morgan fingerprint density at radius 1 is 1.35 bits per heavy atom. The number of nitriles is 1. The van der Waals surface area contributed by atoms with E-state index < -0.39 is 0 Å². The van der Waals surface area contributed by atoms with Crippen LogP contribution in [0, 0.1) is 11.3 Å². The second-order valence-electron chi connectivity index (χ2n) is 3.43. The Bertz CT molecular complexity index is 527. The number of halogens is 1. The van der Waals surface area contributed by atoms with Gasteiger partial charge in [0.25, 0.3) is 0 Å². The molecule has 0 aliphatic rings. The van der Waals surface area contributed by atoms with Crippen LogP contribution in [0.3, 0.4) is 0 Å². The zero-order valence-corrected chi connectivity index (χ0v) is 10.6. The second-order valence-corrected chi connectivity index (χ2v) is 4.21. The number of nitrogens with zero attached hydrogens (tertiary/aromatic N) is 2. The Kier molecular flexibility index (Phi) is 3.78. The van der Waals surface area contributed by atoms with Gasteiger partial charge in [0.05, 0.1) is 5.56 Å². The summed E-state index contributed by atoms with van der Waals surface area (Å²) in [6, 6.07) is 9.35. The van der Waals surface area contributed by atoms with Gasteiger partial charge in [0.1, 0.15) is 17.6 Å². The number of anilines is 1. The second kappa shape index (κ2) is 5.51. The van der Waals surface area contributed by atoms with Gasteiger partial charge in [-0.2, -0.15) is 5.26 Å². The first-order valence-corrected chi connectivity index (χ1v) is 5.91. The monoisotopic (exact) mass is 291 g/mol. The van der Waals surface area contributed by atoms with Crippen LogP contribution in [0.15, 0.2) is 39.5 Å². The summed E-state index contributed by atoms with van der Waals surface area (Å²) in [7, 11) is 0. The van der Waals surface area contributed by atoms with Gasteiger partial charge in [-0.25, -0.2) is 4.98 Å². The highest BCUT2D eigenvalue weighted by molar-refractivity contribution is 9.10. The maximum atomic E-state index is 8.63. The van der Waals surface area contributed by atoms with E-state index in [2.05, 4.69) is 26.2 Å². The maximum Gasteiger partial charge on any atom is 0.169 e. The van der Waals surface area contributed by atoms with Gasteiger partial charge >= 0.3 is 0 Å². The molecule has 86 valence electrons. The lowest BCUT2D eigenvalue weighted by atomic mass is 10.3. The number of rotatable bonds is 4. The minimum atomic E-state index is 0.561. The number of hydrogen-bond acceptors (Lipinski definition) is 4. The average molecular weight is 292 g/mol. The smallest absolute Gasteiger partial charge is 0.169 e. The molecule has 2 aromatic heterocycles. The van der Waals surface area contributed by atoms with Gasteiger partial charge in [0.15, 0.2) is 4.67 Å². The summed E-state index contributed by atoms with van der Waals surface area (Å²) in [6.07, 6.45) is 2.33. The van der Waals surface area contributed by atoms with E-state index in [4.69, 9.17) is 9.68 Å². The lowest BCUT2D eigenvalue weighted by molar-refractivity contribution is 0.491. The summed E-state index contributed by atoms with van der Waals surface area (Å²) in [6.45, 7) is 0.735. The van der Waals surface area contributed by atoms with Crippen LogP contribution < -0.4 is 5.32 Å². The zero-order chi connectivity index (χ0) is 12.1. The zero-order valence-electron chi connectivity index (χ0n) is 8.98. The molecule has 0 radical (unpaired) electrons. The van der Waals surface area contributed by atoms with E-state index in [1.54, 1.807) is 18.3 Å². The van der Waals surface area contributed by atoms with Crippen molar-refractivity contribution >= 4 is 21.7 Å². The van der Waals surface area contributed by atoms with Crippen molar-refractivity contribution in [3.63, 3.8) is 0 Å². The van der Waals surface area contributed by atoms with Crippen LogP contribution in [-0.4, -0.2) is 11.5 Å². The largest absolute Gasteiger partial charge is 0.454 e. The van der Waals surface area contributed by atoms with Gasteiger partial charge in [0, 0.05) is 19.2 Å². The van der Waals surface area contributed by atoms with E-state index in [9.17, 15) is 0 Å². The highest BCUT2D eigenvalue weighted by Crippen LogP contribution is 2.14. The van der Waals surface area contributed by atoms with E-state index in [1.807, 2.05) is 18.2 Å². The van der Waals surface area contributed by atoms with Gasteiger partial charge in [-0.1, -0.05) is 0 Å². The lowest BCUT2D eigenvalue weighted by Gasteiger charge is -2.03. The average Bonchev–Trinajstić information content (AvgIpc) is 2.76. The molecule has 0 fully saturated rings. The third kappa shape index (κ3) is 3.33. The minimum absolute atomic E-state index is 0.561. The molecule has 2 heterocycles. The van der Waals surface area contributed by atoms with Crippen molar-refractivity contribution in [2.45, 2.75) is 6.42 Å². The molecule has 0 amide bonds. The van der Waals surface area contributed by atoms with Crippen molar-refractivity contribution in [3.05, 3.63) is 46.5 Å². The third-order valence-corrected chi connectivity index (χ3v) is 2.63. The van der Waals surface area contributed by atoms with Crippen LogP contribution in [0.5, 0.6) is 0 Å². The lowest BCUT2D eigenvalue weighted by Crippen LogP contribution is -2.05. The van der Waals surface area contributed by atoms with Crippen molar-refractivity contribution in [2.75, 3.05) is 11.9 Å². The first kappa shape index (κ1) is 11.7. The predicted octanol–water partition coefficient (Wildman–Crippen LogP) is 2.96. The number of pyridine rings is 1. The SMILES string of the molecule is N#Cc1ccc(NCCc2ccc(Br)o2)nc1. The third-order valence-electron chi connectivity index (χ3n) is 2.20. The quantitative estimate of drug-likeness (QED) is 0.941. The molecule has 2 rings (SSSR count). The highest BCUT2D eigenvalue weighted by atomic mass is 79.9. The van der Waals surface area contributed by atoms with Crippen molar-refractivity contribution in [1.29, 1.82) is 5.26 Å². The first-order chi connectivity index (χ1) is 8.28. The summed E-state index contributed by atoms with van der Waals surface area (Å²) in [5.41, 5.74) is 0.561. The molecule has 2 aromatic rings. The molecule has 0 saturated heterocycles. The van der Waals surface area contributed by atoms with Gasteiger partial charge < -0.3 is 9.73 Å². The number of hydrogen-bond donors (Lipinski definition) is 1. The normalized spacial score (nSPS) is 9.88. The summed E-state index contributed by atoms with van der Waals surface area (Å²) in [5.74, 6) is 1.67.